The number of benzene rings is 1. The van der Waals surface area contributed by atoms with Gasteiger partial charge in [-0.1, -0.05) is 18.2 Å². The molecule has 1 aliphatic rings. The van der Waals surface area contributed by atoms with Crippen molar-refractivity contribution in [2.24, 2.45) is 0 Å². The van der Waals surface area contributed by atoms with Gasteiger partial charge in [-0.05, 0) is 55.9 Å². The highest BCUT2D eigenvalue weighted by Crippen LogP contribution is 2.23. The number of ether oxygens (including phenoxy) is 2. The van der Waals surface area contributed by atoms with Crippen molar-refractivity contribution in [2.45, 2.75) is 51.2 Å². The lowest BCUT2D eigenvalue weighted by Gasteiger charge is -2.29. The molecular formula is C21H26N2O3. The average Bonchev–Trinajstić information content (AvgIpc) is 2.65. The molecule has 5 heteroatoms. The van der Waals surface area contributed by atoms with Gasteiger partial charge in [-0.15, -0.1) is 0 Å². The SMILES string of the molecule is COc1cccc(CC(=O)NC2CCC(Oc3ccc(C)cn3)CC2)c1. The first-order chi connectivity index (χ1) is 12.6. The summed E-state index contributed by atoms with van der Waals surface area (Å²) in [7, 11) is 1.63. The third-order valence-corrected chi connectivity index (χ3v) is 4.71. The number of aromatic nitrogens is 1. The van der Waals surface area contributed by atoms with E-state index in [2.05, 4.69) is 10.3 Å². The van der Waals surface area contributed by atoms with E-state index in [1.165, 1.54) is 0 Å². The van der Waals surface area contributed by atoms with E-state index in [0.29, 0.717) is 12.3 Å². The van der Waals surface area contributed by atoms with Gasteiger partial charge in [-0.25, -0.2) is 4.98 Å². The lowest BCUT2D eigenvalue weighted by molar-refractivity contribution is -0.121. The predicted octanol–water partition coefficient (Wildman–Crippen LogP) is 3.45. The van der Waals surface area contributed by atoms with Crippen LogP contribution in [0.5, 0.6) is 11.6 Å². The van der Waals surface area contributed by atoms with Crippen LogP contribution in [-0.2, 0) is 11.2 Å². The molecule has 26 heavy (non-hydrogen) atoms. The number of nitrogens with zero attached hydrogens (tertiary/aromatic N) is 1. The molecule has 138 valence electrons. The molecule has 5 nitrogen and oxygen atoms in total. The molecule has 0 aliphatic heterocycles. The van der Waals surface area contributed by atoms with Crippen LogP contribution < -0.4 is 14.8 Å². The van der Waals surface area contributed by atoms with E-state index in [9.17, 15) is 4.79 Å². The fourth-order valence-corrected chi connectivity index (χ4v) is 3.27. The smallest absolute Gasteiger partial charge is 0.224 e. The minimum absolute atomic E-state index is 0.0582. The molecule has 1 aromatic carbocycles. The van der Waals surface area contributed by atoms with E-state index < -0.39 is 0 Å². The molecule has 0 unspecified atom stereocenters. The zero-order valence-electron chi connectivity index (χ0n) is 15.4. The monoisotopic (exact) mass is 354 g/mol. The number of amides is 1. The van der Waals surface area contributed by atoms with E-state index >= 15 is 0 Å². The average molecular weight is 354 g/mol. The van der Waals surface area contributed by atoms with Gasteiger partial charge >= 0.3 is 0 Å². The second-order valence-electron chi connectivity index (χ2n) is 6.86. The fourth-order valence-electron chi connectivity index (χ4n) is 3.27. The third-order valence-electron chi connectivity index (χ3n) is 4.71. The molecule has 1 heterocycles. The fraction of sp³-hybridized carbons (Fsp3) is 0.429. The van der Waals surface area contributed by atoms with E-state index in [-0.39, 0.29) is 18.1 Å². The number of methoxy groups -OCH3 is 1. The summed E-state index contributed by atoms with van der Waals surface area (Å²) in [6.45, 7) is 2.01. The summed E-state index contributed by atoms with van der Waals surface area (Å²) < 4.78 is 11.1. The standard InChI is InChI=1S/C21H26N2O3/c1-15-6-11-21(22-14-15)26-18-9-7-17(8-10-18)23-20(24)13-16-4-3-5-19(12-16)25-2/h3-6,11-12,14,17-18H,7-10,13H2,1-2H3,(H,23,24). The van der Waals surface area contributed by atoms with Crippen LogP contribution in [0.1, 0.15) is 36.8 Å². The predicted molar refractivity (Wildman–Crippen MR) is 100 cm³/mol. The van der Waals surface area contributed by atoms with Crippen molar-refractivity contribution in [3.05, 3.63) is 53.7 Å². The largest absolute Gasteiger partial charge is 0.497 e. The zero-order chi connectivity index (χ0) is 18.4. The molecule has 2 aromatic rings. The van der Waals surface area contributed by atoms with Crippen molar-refractivity contribution in [2.75, 3.05) is 7.11 Å². The number of hydrogen-bond acceptors (Lipinski definition) is 4. The van der Waals surface area contributed by atoms with Crippen molar-refractivity contribution in [1.29, 1.82) is 0 Å². The Labute approximate surface area is 154 Å². The maximum absolute atomic E-state index is 12.3. The Bertz CT molecular complexity index is 722. The van der Waals surface area contributed by atoms with E-state index in [1.807, 2.05) is 49.5 Å². The Hall–Kier alpha value is -2.56. The van der Waals surface area contributed by atoms with Gasteiger partial charge in [-0.3, -0.25) is 4.79 Å². The van der Waals surface area contributed by atoms with Gasteiger partial charge in [0.1, 0.15) is 11.9 Å². The normalized spacial score (nSPS) is 19.6. The van der Waals surface area contributed by atoms with Crippen LogP contribution >= 0.6 is 0 Å². The number of hydrogen-bond donors (Lipinski definition) is 1. The van der Waals surface area contributed by atoms with Gasteiger partial charge in [-0.2, -0.15) is 0 Å². The Morgan fingerprint density at radius 2 is 2.00 bits per heavy atom. The molecule has 3 rings (SSSR count). The lowest BCUT2D eigenvalue weighted by Crippen LogP contribution is -2.40. The zero-order valence-corrected chi connectivity index (χ0v) is 15.4. The number of aryl methyl sites for hydroxylation is 1. The number of pyridine rings is 1. The second-order valence-corrected chi connectivity index (χ2v) is 6.86. The Morgan fingerprint density at radius 3 is 2.69 bits per heavy atom. The molecule has 0 bridgehead atoms. The molecule has 1 aliphatic carbocycles. The lowest BCUT2D eigenvalue weighted by atomic mass is 9.92. The topological polar surface area (TPSA) is 60.5 Å². The van der Waals surface area contributed by atoms with Gasteiger partial charge in [0.25, 0.3) is 0 Å². The van der Waals surface area contributed by atoms with E-state index in [1.54, 1.807) is 7.11 Å². The first-order valence-electron chi connectivity index (χ1n) is 9.14. The summed E-state index contributed by atoms with van der Waals surface area (Å²) in [5.41, 5.74) is 2.09. The number of carbonyl (C=O) groups is 1. The first kappa shape index (κ1) is 18.2. The Balaban J connectivity index is 1.43. The highest BCUT2D eigenvalue weighted by molar-refractivity contribution is 5.79. The maximum atomic E-state index is 12.3. The summed E-state index contributed by atoms with van der Waals surface area (Å²) in [6, 6.07) is 11.8. The Morgan fingerprint density at radius 1 is 1.19 bits per heavy atom. The van der Waals surface area contributed by atoms with Crippen LogP contribution in [0.3, 0.4) is 0 Å². The molecule has 0 radical (unpaired) electrons. The highest BCUT2D eigenvalue weighted by atomic mass is 16.5. The van der Waals surface area contributed by atoms with Gasteiger partial charge in [0, 0.05) is 18.3 Å². The number of nitrogens with one attached hydrogen (secondary N) is 1. The third kappa shape index (κ3) is 5.22. The van der Waals surface area contributed by atoms with E-state index in [4.69, 9.17) is 9.47 Å². The molecule has 1 fully saturated rings. The molecule has 1 saturated carbocycles. The van der Waals surface area contributed by atoms with Crippen molar-refractivity contribution >= 4 is 5.91 Å². The first-order valence-corrected chi connectivity index (χ1v) is 9.14. The van der Waals surface area contributed by atoms with Gasteiger partial charge in [0.2, 0.25) is 11.8 Å². The van der Waals surface area contributed by atoms with Gasteiger partial charge in [0.05, 0.1) is 13.5 Å². The summed E-state index contributed by atoms with van der Waals surface area (Å²) in [5.74, 6) is 1.52. The summed E-state index contributed by atoms with van der Waals surface area (Å²) in [4.78, 5) is 16.6. The van der Waals surface area contributed by atoms with Crippen LogP contribution in [0, 0.1) is 6.92 Å². The van der Waals surface area contributed by atoms with Crippen LogP contribution in [0.25, 0.3) is 0 Å². The van der Waals surface area contributed by atoms with Gasteiger partial charge in [0.15, 0.2) is 0 Å². The van der Waals surface area contributed by atoms with Crippen LogP contribution in [-0.4, -0.2) is 30.1 Å². The molecule has 1 amide bonds. The minimum Gasteiger partial charge on any atom is -0.497 e. The van der Waals surface area contributed by atoms with Crippen molar-refractivity contribution in [3.63, 3.8) is 0 Å². The quantitative estimate of drug-likeness (QED) is 0.863. The summed E-state index contributed by atoms with van der Waals surface area (Å²) in [6.07, 6.45) is 6.09. The molecule has 0 spiro atoms. The number of carbonyl (C=O) groups excluding carboxylic acids is 1. The Kier molecular flexibility index (Phi) is 6.10. The molecular weight excluding hydrogens is 328 g/mol. The summed E-state index contributed by atoms with van der Waals surface area (Å²) in [5, 5.41) is 3.15. The highest BCUT2D eigenvalue weighted by Gasteiger charge is 2.24. The molecule has 1 aromatic heterocycles. The van der Waals surface area contributed by atoms with Crippen LogP contribution in [0.15, 0.2) is 42.6 Å². The van der Waals surface area contributed by atoms with Crippen molar-refractivity contribution in [1.82, 2.24) is 10.3 Å². The summed E-state index contributed by atoms with van der Waals surface area (Å²) >= 11 is 0. The minimum atomic E-state index is 0.0582. The van der Waals surface area contributed by atoms with E-state index in [0.717, 1.165) is 42.6 Å². The number of rotatable bonds is 6. The van der Waals surface area contributed by atoms with Gasteiger partial charge < -0.3 is 14.8 Å². The maximum Gasteiger partial charge on any atom is 0.224 e. The second kappa shape index (κ2) is 8.70. The van der Waals surface area contributed by atoms with Crippen molar-refractivity contribution < 1.29 is 14.3 Å². The molecule has 0 atom stereocenters. The molecule has 1 N–H and O–H groups in total. The van der Waals surface area contributed by atoms with Crippen molar-refractivity contribution in [3.8, 4) is 11.6 Å². The molecule has 0 saturated heterocycles. The van der Waals surface area contributed by atoms with Crippen LogP contribution in [0.4, 0.5) is 0 Å². The van der Waals surface area contributed by atoms with Crippen LogP contribution in [0.2, 0.25) is 0 Å².